The van der Waals surface area contributed by atoms with Crippen LogP contribution in [0.4, 0.5) is 11.4 Å². The van der Waals surface area contributed by atoms with Crippen molar-refractivity contribution in [2.45, 2.75) is 6.42 Å². The SMILES string of the molecule is COC(=O)c1ccc(NC(=O)C2CC(=O)N(c3ccc(Br)cc3)C2)cc1. The highest BCUT2D eigenvalue weighted by molar-refractivity contribution is 9.10. The van der Waals surface area contributed by atoms with Crippen LogP contribution in [0.5, 0.6) is 0 Å². The molecule has 2 amide bonds. The first kappa shape index (κ1) is 18.1. The highest BCUT2D eigenvalue weighted by atomic mass is 79.9. The number of rotatable bonds is 4. The molecule has 7 heteroatoms. The van der Waals surface area contributed by atoms with E-state index in [0.717, 1.165) is 10.2 Å². The van der Waals surface area contributed by atoms with Crippen LogP contribution < -0.4 is 10.2 Å². The second-order valence-corrected chi connectivity index (χ2v) is 6.86. The van der Waals surface area contributed by atoms with Crippen LogP contribution in [0.1, 0.15) is 16.8 Å². The highest BCUT2D eigenvalue weighted by Crippen LogP contribution is 2.27. The van der Waals surface area contributed by atoms with Gasteiger partial charge in [0, 0.05) is 28.8 Å². The maximum atomic E-state index is 12.5. The quantitative estimate of drug-likeness (QED) is 0.776. The molecule has 1 aliphatic rings. The van der Waals surface area contributed by atoms with E-state index in [2.05, 4.69) is 26.0 Å². The Labute approximate surface area is 159 Å². The Morgan fingerprint density at radius 3 is 2.38 bits per heavy atom. The van der Waals surface area contributed by atoms with Crippen molar-refractivity contribution < 1.29 is 19.1 Å². The molecule has 0 spiro atoms. The Morgan fingerprint density at radius 2 is 1.77 bits per heavy atom. The summed E-state index contributed by atoms with van der Waals surface area (Å²) < 4.78 is 5.57. The lowest BCUT2D eigenvalue weighted by Gasteiger charge is -2.16. The van der Waals surface area contributed by atoms with Crippen molar-refractivity contribution in [1.82, 2.24) is 0 Å². The largest absolute Gasteiger partial charge is 0.465 e. The first-order valence-corrected chi connectivity index (χ1v) is 8.82. The normalized spacial score (nSPS) is 16.5. The summed E-state index contributed by atoms with van der Waals surface area (Å²) in [4.78, 5) is 37.8. The molecule has 0 aliphatic carbocycles. The molecule has 0 radical (unpaired) electrons. The van der Waals surface area contributed by atoms with Crippen LogP contribution in [-0.2, 0) is 14.3 Å². The Kier molecular flexibility index (Phi) is 5.37. The Hall–Kier alpha value is -2.67. The van der Waals surface area contributed by atoms with Crippen LogP contribution in [0.2, 0.25) is 0 Å². The summed E-state index contributed by atoms with van der Waals surface area (Å²) in [6, 6.07) is 13.8. The third kappa shape index (κ3) is 3.94. The van der Waals surface area contributed by atoms with E-state index in [1.807, 2.05) is 24.3 Å². The van der Waals surface area contributed by atoms with Crippen molar-refractivity contribution in [1.29, 1.82) is 0 Å². The number of esters is 1. The van der Waals surface area contributed by atoms with Gasteiger partial charge in [0.25, 0.3) is 0 Å². The Balaban J connectivity index is 1.64. The van der Waals surface area contributed by atoms with Crippen molar-refractivity contribution in [3.63, 3.8) is 0 Å². The summed E-state index contributed by atoms with van der Waals surface area (Å²) in [7, 11) is 1.31. The van der Waals surface area contributed by atoms with Gasteiger partial charge in [-0.25, -0.2) is 4.79 Å². The smallest absolute Gasteiger partial charge is 0.337 e. The van der Waals surface area contributed by atoms with E-state index in [1.165, 1.54) is 7.11 Å². The van der Waals surface area contributed by atoms with Crippen molar-refractivity contribution in [3.8, 4) is 0 Å². The molecule has 134 valence electrons. The van der Waals surface area contributed by atoms with Gasteiger partial charge in [-0.3, -0.25) is 9.59 Å². The van der Waals surface area contributed by atoms with Crippen molar-refractivity contribution in [3.05, 3.63) is 58.6 Å². The van der Waals surface area contributed by atoms with Gasteiger partial charge in [0.15, 0.2) is 0 Å². The fourth-order valence-corrected chi connectivity index (χ4v) is 3.07. The Morgan fingerprint density at radius 1 is 1.12 bits per heavy atom. The standard InChI is InChI=1S/C19H17BrN2O4/c1-26-19(25)12-2-6-15(7-3-12)21-18(24)13-10-17(23)22(11-13)16-8-4-14(20)5-9-16/h2-9,13H,10-11H2,1H3,(H,21,24). The molecule has 1 atom stereocenters. The highest BCUT2D eigenvalue weighted by Gasteiger charge is 2.35. The van der Waals surface area contributed by atoms with E-state index in [0.29, 0.717) is 17.8 Å². The molecule has 1 aliphatic heterocycles. The van der Waals surface area contributed by atoms with Gasteiger partial charge in [-0.15, -0.1) is 0 Å². The lowest BCUT2D eigenvalue weighted by atomic mass is 10.1. The average Bonchev–Trinajstić information content (AvgIpc) is 3.04. The molecule has 0 aromatic heterocycles. The number of hydrogen-bond acceptors (Lipinski definition) is 4. The fourth-order valence-electron chi connectivity index (χ4n) is 2.81. The van der Waals surface area contributed by atoms with E-state index < -0.39 is 11.9 Å². The van der Waals surface area contributed by atoms with E-state index in [1.54, 1.807) is 29.2 Å². The molecule has 1 saturated heterocycles. The second kappa shape index (κ2) is 7.70. The molecule has 1 heterocycles. The number of anilines is 2. The van der Waals surface area contributed by atoms with Crippen molar-refractivity contribution in [2.24, 2.45) is 5.92 Å². The lowest BCUT2D eigenvalue weighted by molar-refractivity contribution is -0.122. The minimum absolute atomic E-state index is 0.0755. The number of nitrogens with zero attached hydrogens (tertiary/aromatic N) is 1. The number of methoxy groups -OCH3 is 1. The first-order valence-electron chi connectivity index (χ1n) is 8.03. The molecule has 1 fully saturated rings. The zero-order chi connectivity index (χ0) is 18.7. The van der Waals surface area contributed by atoms with Crippen LogP contribution in [0.15, 0.2) is 53.0 Å². The molecule has 1 unspecified atom stereocenters. The molecule has 2 aromatic rings. The summed E-state index contributed by atoms with van der Waals surface area (Å²) in [5.41, 5.74) is 1.75. The zero-order valence-electron chi connectivity index (χ0n) is 14.1. The average molecular weight is 417 g/mol. The van der Waals surface area contributed by atoms with Gasteiger partial charge in [-0.1, -0.05) is 15.9 Å². The third-order valence-electron chi connectivity index (χ3n) is 4.21. The second-order valence-electron chi connectivity index (χ2n) is 5.94. The molecule has 0 bridgehead atoms. The number of ether oxygens (including phenoxy) is 1. The monoisotopic (exact) mass is 416 g/mol. The molecule has 3 rings (SSSR count). The minimum Gasteiger partial charge on any atom is -0.465 e. The number of carbonyl (C=O) groups is 3. The summed E-state index contributed by atoms with van der Waals surface area (Å²) in [6.45, 7) is 0.340. The number of halogens is 1. The predicted octanol–water partition coefficient (Wildman–Crippen LogP) is 3.23. The van der Waals surface area contributed by atoms with Gasteiger partial charge in [-0.2, -0.15) is 0 Å². The first-order chi connectivity index (χ1) is 12.5. The number of carbonyl (C=O) groups excluding carboxylic acids is 3. The van der Waals surface area contributed by atoms with Gasteiger partial charge < -0.3 is 15.0 Å². The number of hydrogen-bond donors (Lipinski definition) is 1. The van der Waals surface area contributed by atoms with Gasteiger partial charge in [0.05, 0.1) is 18.6 Å². The predicted molar refractivity (Wildman–Crippen MR) is 101 cm³/mol. The van der Waals surface area contributed by atoms with E-state index in [4.69, 9.17) is 0 Å². The summed E-state index contributed by atoms with van der Waals surface area (Å²) in [5, 5.41) is 2.79. The third-order valence-corrected chi connectivity index (χ3v) is 4.74. The molecular weight excluding hydrogens is 400 g/mol. The lowest BCUT2D eigenvalue weighted by Crippen LogP contribution is -2.28. The van der Waals surface area contributed by atoms with Crippen LogP contribution >= 0.6 is 15.9 Å². The van der Waals surface area contributed by atoms with E-state index in [9.17, 15) is 14.4 Å². The fraction of sp³-hybridized carbons (Fsp3) is 0.211. The topological polar surface area (TPSA) is 75.7 Å². The molecule has 26 heavy (non-hydrogen) atoms. The van der Waals surface area contributed by atoms with Crippen LogP contribution in [-0.4, -0.2) is 31.4 Å². The maximum Gasteiger partial charge on any atom is 0.337 e. The molecule has 1 N–H and O–H groups in total. The summed E-state index contributed by atoms with van der Waals surface area (Å²) in [5.74, 6) is -1.15. The number of amides is 2. The number of nitrogens with one attached hydrogen (secondary N) is 1. The molecular formula is C19H17BrN2O4. The minimum atomic E-state index is -0.436. The molecule has 6 nitrogen and oxygen atoms in total. The van der Waals surface area contributed by atoms with Crippen molar-refractivity contribution in [2.75, 3.05) is 23.9 Å². The van der Waals surface area contributed by atoms with E-state index >= 15 is 0 Å². The van der Waals surface area contributed by atoms with Crippen LogP contribution in [0, 0.1) is 5.92 Å². The number of benzene rings is 2. The Bertz CT molecular complexity index is 834. The summed E-state index contributed by atoms with van der Waals surface area (Å²) in [6.07, 6.45) is 0.169. The molecule has 2 aromatic carbocycles. The summed E-state index contributed by atoms with van der Waals surface area (Å²) >= 11 is 3.36. The van der Waals surface area contributed by atoms with Crippen LogP contribution in [0.3, 0.4) is 0 Å². The maximum absolute atomic E-state index is 12.5. The van der Waals surface area contributed by atoms with Gasteiger partial charge in [0.2, 0.25) is 11.8 Å². The van der Waals surface area contributed by atoms with Crippen LogP contribution in [0.25, 0.3) is 0 Å². The zero-order valence-corrected chi connectivity index (χ0v) is 15.7. The molecule has 0 saturated carbocycles. The van der Waals surface area contributed by atoms with Gasteiger partial charge in [-0.05, 0) is 48.5 Å². The van der Waals surface area contributed by atoms with Gasteiger partial charge in [0.1, 0.15) is 0 Å². The van der Waals surface area contributed by atoms with Gasteiger partial charge >= 0.3 is 5.97 Å². The van der Waals surface area contributed by atoms with Crippen molar-refractivity contribution >= 4 is 45.1 Å². The van der Waals surface area contributed by atoms with E-state index in [-0.39, 0.29) is 18.2 Å².